The lowest BCUT2D eigenvalue weighted by molar-refractivity contribution is 0.519. The van der Waals surface area contributed by atoms with Crippen molar-refractivity contribution in [1.29, 1.82) is 0 Å². The van der Waals surface area contributed by atoms with Crippen LogP contribution in [0.15, 0.2) is 25.3 Å². The molecule has 2 nitrogen and oxygen atoms in total. The first-order valence-corrected chi connectivity index (χ1v) is 3.31. The minimum atomic E-state index is 0.460. The fourth-order valence-corrected chi connectivity index (χ4v) is 0.756. The predicted octanol–water partition coefficient (Wildman–Crippen LogP) is 1.00. The fourth-order valence-electron chi connectivity index (χ4n) is 0.423. The van der Waals surface area contributed by atoms with Crippen molar-refractivity contribution in [1.82, 2.24) is 4.31 Å². The van der Waals surface area contributed by atoms with Crippen molar-refractivity contribution in [3.05, 3.63) is 25.3 Å². The van der Waals surface area contributed by atoms with Crippen molar-refractivity contribution < 1.29 is 4.21 Å². The first kappa shape index (κ1) is 8.46. The summed E-state index contributed by atoms with van der Waals surface area (Å²) in [5, 5.41) is 0. The van der Waals surface area contributed by atoms with Crippen LogP contribution in [0.2, 0.25) is 0 Å². The molecule has 9 heavy (non-hydrogen) atoms. The summed E-state index contributed by atoms with van der Waals surface area (Å²) in [4.78, 5) is 0. The van der Waals surface area contributed by atoms with Gasteiger partial charge in [0.2, 0.25) is 0 Å². The Balaban J connectivity index is 3.51. The number of nitrogens with zero attached hydrogens (tertiary/aromatic N) is 1. The molecule has 0 aliphatic heterocycles. The summed E-state index contributed by atoms with van der Waals surface area (Å²) < 4.78 is 11.8. The first-order valence-electron chi connectivity index (χ1n) is 2.61. The molecule has 50 valence electrons. The van der Waals surface area contributed by atoms with Gasteiger partial charge in [-0.3, -0.25) is 0 Å². The predicted molar refractivity (Wildman–Crippen MR) is 40.0 cm³/mol. The van der Waals surface area contributed by atoms with E-state index in [2.05, 4.69) is 13.2 Å². The maximum absolute atomic E-state index is 10.2. The zero-order chi connectivity index (χ0) is 7.11. The van der Waals surface area contributed by atoms with Crippen LogP contribution in [0.1, 0.15) is 0 Å². The van der Waals surface area contributed by atoms with Crippen LogP contribution >= 0.6 is 0 Å². The minimum Gasteiger partial charge on any atom is -0.102 e. The maximum atomic E-state index is 10.2. The van der Waals surface area contributed by atoms with Crippen LogP contribution in [0.4, 0.5) is 0 Å². The Kier molecular flexibility index (Phi) is 5.26. The van der Waals surface area contributed by atoms with Gasteiger partial charge in [-0.15, -0.1) is 13.2 Å². The van der Waals surface area contributed by atoms with Crippen LogP contribution in [-0.4, -0.2) is 17.4 Å². The first-order chi connectivity index (χ1) is 4.35. The van der Waals surface area contributed by atoms with Gasteiger partial charge in [0.05, 0.1) is 17.3 Å². The average Bonchev–Trinajstić information content (AvgIpc) is 1.88. The molecular formula is C6H10NOS+. The molecule has 0 unspecified atom stereocenters. The highest BCUT2D eigenvalue weighted by Crippen LogP contribution is 1.84. The summed E-state index contributed by atoms with van der Waals surface area (Å²) in [6, 6.07) is 0. The Hall–Kier alpha value is -0.540. The average molecular weight is 144 g/mol. The van der Waals surface area contributed by atoms with E-state index in [-0.39, 0.29) is 0 Å². The Morgan fingerprint density at radius 1 is 1.33 bits per heavy atom. The topological polar surface area (TPSA) is 20.3 Å². The van der Waals surface area contributed by atoms with E-state index >= 15 is 0 Å². The second kappa shape index (κ2) is 5.59. The lowest BCUT2D eigenvalue weighted by atomic mass is 10.5. The molecule has 0 N–H and O–H groups in total. The van der Waals surface area contributed by atoms with Gasteiger partial charge in [0.25, 0.3) is 0 Å². The Labute approximate surface area is 59.5 Å². The Morgan fingerprint density at radius 3 is 2.00 bits per heavy atom. The van der Waals surface area contributed by atoms with E-state index in [1.54, 1.807) is 16.5 Å². The molecule has 0 saturated heterocycles. The van der Waals surface area contributed by atoms with Crippen LogP contribution in [0.5, 0.6) is 0 Å². The van der Waals surface area contributed by atoms with Crippen molar-refractivity contribution in [2.45, 2.75) is 0 Å². The van der Waals surface area contributed by atoms with Gasteiger partial charge in [0.15, 0.2) is 0 Å². The number of hydrogen-bond acceptors (Lipinski definition) is 1. The number of rotatable bonds is 5. The van der Waals surface area contributed by atoms with E-state index in [1.807, 2.05) is 0 Å². The van der Waals surface area contributed by atoms with Gasteiger partial charge in [0, 0.05) is 0 Å². The smallest absolute Gasteiger partial charge is 0.102 e. The largest absolute Gasteiger partial charge is 0.591 e. The van der Waals surface area contributed by atoms with Crippen LogP contribution in [0.3, 0.4) is 0 Å². The summed E-state index contributed by atoms with van der Waals surface area (Å²) in [6.45, 7) is 8.23. The molecule has 0 rings (SSSR count). The zero-order valence-electron chi connectivity index (χ0n) is 5.25. The van der Waals surface area contributed by atoms with Gasteiger partial charge in [-0.25, -0.2) is 0 Å². The third-order valence-corrected chi connectivity index (χ3v) is 1.28. The molecule has 3 heteroatoms. The van der Waals surface area contributed by atoms with E-state index in [1.165, 1.54) is 0 Å². The van der Waals surface area contributed by atoms with Crippen LogP contribution < -0.4 is 0 Å². The summed E-state index contributed by atoms with van der Waals surface area (Å²) >= 11 is 0.460. The van der Waals surface area contributed by atoms with Crippen LogP contribution in [0.25, 0.3) is 0 Å². The zero-order valence-corrected chi connectivity index (χ0v) is 6.06. The lowest BCUT2D eigenvalue weighted by Gasteiger charge is -1.92. The van der Waals surface area contributed by atoms with Gasteiger partial charge >= 0.3 is 11.9 Å². The van der Waals surface area contributed by atoms with Gasteiger partial charge in [-0.05, 0) is 4.31 Å². The van der Waals surface area contributed by atoms with E-state index in [4.69, 9.17) is 0 Å². The molecule has 0 amide bonds. The second-order valence-corrected chi connectivity index (χ2v) is 2.16. The monoisotopic (exact) mass is 144 g/mol. The summed E-state index contributed by atoms with van der Waals surface area (Å²) in [7, 11) is 0. The van der Waals surface area contributed by atoms with Crippen molar-refractivity contribution in [3.63, 3.8) is 0 Å². The van der Waals surface area contributed by atoms with Crippen molar-refractivity contribution in [3.8, 4) is 0 Å². The SMILES string of the molecule is C=CCN(CC=C)[S+]=O. The molecule has 0 aliphatic carbocycles. The lowest BCUT2D eigenvalue weighted by Crippen LogP contribution is -2.17. The van der Waals surface area contributed by atoms with Crippen molar-refractivity contribution >= 4 is 11.9 Å². The molecule has 0 atom stereocenters. The highest BCUT2D eigenvalue weighted by molar-refractivity contribution is 7.62. The van der Waals surface area contributed by atoms with Crippen molar-refractivity contribution in [2.24, 2.45) is 0 Å². The summed E-state index contributed by atoms with van der Waals surface area (Å²) in [5.41, 5.74) is 0. The highest BCUT2D eigenvalue weighted by atomic mass is 32.2. The van der Waals surface area contributed by atoms with E-state index in [0.717, 1.165) is 0 Å². The third kappa shape index (κ3) is 4.00. The summed E-state index contributed by atoms with van der Waals surface area (Å²) in [5.74, 6) is 0. The van der Waals surface area contributed by atoms with Crippen molar-refractivity contribution in [2.75, 3.05) is 13.1 Å². The van der Waals surface area contributed by atoms with Crippen LogP contribution in [0, 0.1) is 0 Å². The van der Waals surface area contributed by atoms with Crippen LogP contribution in [-0.2, 0) is 16.1 Å². The molecule has 0 aromatic heterocycles. The molecule has 0 aromatic rings. The normalized spacial score (nSPS) is 9.00. The Morgan fingerprint density at radius 2 is 1.78 bits per heavy atom. The molecule has 0 radical (unpaired) electrons. The molecular weight excluding hydrogens is 134 g/mol. The quantitative estimate of drug-likeness (QED) is 0.320. The van der Waals surface area contributed by atoms with Gasteiger partial charge in [0.1, 0.15) is 0 Å². The Bertz CT molecular complexity index is 104. The van der Waals surface area contributed by atoms with E-state index < -0.39 is 0 Å². The molecule has 0 aliphatic rings. The molecule has 0 spiro atoms. The molecule has 0 fully saturated rings. The molecule has 0 bridgehead atoms. The fraction of sp³-hybridized carbons (Fsp3) is 0.333. The number of hydrogen-bond donors (Lipinski definition) is 0. The van der Waals surface area contributed by atoms with Gasteiger partial charge in [-0.1, -0.05) is 12.2 Å². The molecule has 0 heterocycles. The highest BCUT2D eigenvalue weighted by Gasteiger charge is 2.11. The summed E-state index contributed by atoms with van der Waals surface area (Å²) in [6.07, 6.45) is 3.38. The second-order valence-electron chi connectivity index (χ2n) is 1.50. The standard InChI is InChI=1S/C6H10NOS/c1-3-5-7(9-8)6-4-2/h3-4H,1-2,5-6H2/q+1. The van der Waals surface area contributed by atoms with E-state index in [0.29, 0.717) is 24.9 Å². The molecule has 0 aromatic carbocycles. The third-order valence-electron chi connectivity index (χ3n) is 0.771. The molecule has 0 saturated carbocycles. The minimum absolute atomic E-state index is 0.460. The van der Waals surface area contributed by atoms with Gasteiger partial charge in [-0.2, -0.15) is 0 Å². The maximum Gasteiger partial charge on any atom is 0.591 e. The van der Waals surface area contributed by atoms with E-state index in [9.17, 15) is 4.21 Å². The van der Waals surface area contributed by atoms with Gasteiger partial charge < -0.3 is 0 Å².